The second kappa shape index (κ2) is 7.30. The topological polar surface area (TPSA) is 61.4 Å². The fourth-order valence-electron chi connectivity index (χ4n) is 3.00. The number of para-hydroxylation sites is 1. The van der Waals surface area contributed by atoms with Crippen LogP contribution >= 0.6 is 0 Å². The van der Waals surface area contributed by atoms with Crippen LogP contribution in [0.1, 0.15) is 24.0 Å². The van der Waals surface area contributed by atoms with Gasteiger partial charge in [-0.15, -0.1) is 0 Å². The lowest BCUT2D eigenvalue weighted by molar-refractivity contribution is -0.136. The number of hydrogen-bond donors (Lipinski definition) is 2. The summed E-state index contributed by atoms with van der Waals surface area (Å²) in [5.74, 6) is 0.0128. The lowest BCUT2D eigenvalue weighted by Gasteiger charge is -2.20. The van der Waals surface area contributed by atoms with Crippen LogP contribution in [0.2, 0.25) is 0 Å². The Labute approximate surface area is 154 Å². The van der Waals surface area contributed by atoms with Crippen molar-refractivity contribution < 1.29 is 22.8 Å². The molecule has 0 aliphatic carbocycles. The van der Waals surface area contributed by atoms with E-state index in [1.807, 2.05) is 6.92 Å². The maximum Gasteiger partial charge on any atom is 0.418 e. The van der Waals surface area contributed by atoms with Crippen molar-refractivity contribution in [2.75, 3.05) is 22.1 Å². The summed E-state index contributed by atoms with van der Waals surface area (Å²) in [7, 11) is 0. The molecule has 142 valence electrons. The molecule has 5 nitrogen and oxygen atoms in total. The number of carbonyl (C=O) groups is 2. The van der Waals surface area contributed by atoms with Gasteiger partial charge in [-0.25, -0.2) is 4.79 Å². The van der Waals surface area contributed by atoms with Crippen LogP contribution in [-0.2, 0) is 11.0 Å². The second-order valence-electron chi connectivity index (χ2n) is 6.27. The first kappa shape index (κ1) is 18.8. The van der Waals surface area contributed by atoms with Gasteiger partial charge >= 0.3 is 12.2 Å². The molecule has 0 bridgehead atoms. The number of anilines is 3. The summed E-state index contributed by atoms with van der Waals surface area (Å²) in [5, 5.41) is 4.75. The van der Waals surface area contributed by atoms with Crippen molar-refractivity contribution in [1.82, 2.24) is 0 Å². The standard InChI is InChI=1S/C19H18F3N3O2/c1-12-8-9-13(11-16(12)25-10-4-7-17(25)26)23-18(27)24-15-6-3-2-5-14(15)19(20,21)22/h2-3,5-6,8-9,11H,4,7,10H2,1H3,(H2,23,24,27). The number of benzene rings is 2. The molecule has 0 aromatic heterocycles. The number of carbonyl (C=O) groups excluding carboxylic acids is 2. The molecule has 2 N–H and O–H groups in total. The van der Waals surface area contributed by atoms with E-state index in [9.17, 15) is 22.8 Å². The third kappa shape index (κ3) is 4.21. The van der Waals surface area contributed by atoms with Crippen molar-refractivity contribution in [3.05, 3.63) is 53.6 Å². The van der Waals surface area contributed by atoms with Crippen LogP contribution in [0.3, 0.4) is 0 Å². The van der Waals surface area contributed by atoms with Crippen molar-refractivity contribution in [3.63, 3.8) is 0 Å². The van der Waals surface area contributed by atoms with Crippen molar-refractivity contribution in [3.8, 4) is 0 Å². The minimum atomic E-state index is -4.57. The van der Waals surface area contributed by atoms with Crippen LogP contribution in [0.15, 0.2) is 42.5 Å². The van der Waals surface area contributed by atoms with Gasteiger partial charge in [0.2, 0.25) is 5.91 Å². The number of urea groups is 1. The zero-order chi connectivity index (χ0) is 19.6. The van der Waals surface area contributed by atoms with E-state index in [0.29, 0.717) is 24.3 Å². The van der Waals surface area contributed by atoms with Crippen molar-refractivity contribution in [1.29, 1.82) is 0 Å². The van der Waals surface area contributed by atoms with Gasteiger partial charge in [-0.3, -0.25) is 4.79 Å². The Morgan fingerprint density at radius 2 is 1.85 bits per heavy atom. The molecular weight excluding hydrogens is 359 g/mol. The highest BCUT2D eigenvalue weighted by Crippen LogP contribution is 2.34. The first-order valence-electron chi connectivity index (χ1n) is 8.41. The summed E-state index contributed by atoms with van der Waals surface area (Å²) >= 11 is 0. The van der Waals surface area contributed by atoms with Gasteiger partial charge in [0.25, 0.3) is 0 Å². The molecule has 0 spiro atoms. The summed E-state index contributed by atoms with van der Waals surface area (Å²) < 4.78 is 39.1. The van der Waals surface area contributed by atoms with Gasteiger partial charge in [0.1, 0.15) is 0 Å². The van der Waals surface area contributed by atoms with Gasteiger partial charge in [-0.05, 0) is 43.2 Å². The summed E-state index contributed by atoms with van der Waals surface area (Å²) in [6.07, 6.45) is -3.33. The van der Waals surface area contributed by atoms with E-state index in [1.165, 1.54) is 18.2 Å². The van der Waals surface area contributed by atoms with Gasteiger partial charge in [-0.2, -0.15) is 13.2 Å². The monoisotopic (exact) mass is 377 g/mol. The van der Waals surface area contributed by atoms with Crippen LogP contribution in [0.5, 0.6) is 0 Å². The Kier molecular flexibility index (Phi) is 5.07. The van der Waals surface area contributed by atoms with E-state index in [-0.39, 0.29) is 11.6 Å². The number of aryl methyl sites for hydroxylation is 1. The molecular formula is C19H18F3N3O2. The summed E-state index contributed by atoms with van der Waals surface area (Å²) in [5.41, 5.74) is 0.693. The zero-order valence-electron chi connectivity index (χ0n) is 14.6. The molecule has 3 amide bonds. The van der Waals surface area contributed by atoms with E-state index in [1.54, 1.807) is 23.1 Å². The molecule has 1 aliphatic rings. The number of hydrogen-bond acceptors (Lipinski definition) is 2. The Hall–Kier alpha value is -3.03. The smallest absolute Gasteiger partial charge is 0.312 e. The predicted molar refractivity (Wildman–Crippen MR) is 96.9 cm³/mol. The average molecular weight is 377 g/mol. The predicted octanol–water partition coefficient (Wildman–Crippen LogP) is 4.78. The average Bonchev–Trinajstić information content (AvgIpc) is 3.02. The molecule has 27 heavy (non-hydrogen) atoms. The third-order valence-electron chi connectivity index (χ3n) is 4.31. The minimum absolute atomic E-state index is 0.0128. The number of nitrogens with zero attached hydrogens (tertiary/aromatic N) is 1. The first-order chi connectivity index (χ1) is 12.8. The van der Waals surface area contributed by atoms with E-state index >= 15 is 0 Å². The van der Waals surface area contributed by atoms with Gasteiger partial charge < -0.3 is 15.5 Å². The summed E-state index contributed by atoms with van der Waals surface area (Å²) in [6, 6.07) is 8.99. The van der Waals surface area contributed by atoms with Crippen molar-refractivity contribution in [2.24, 2.45) is 0 Å². The molecule has 1 fully saturated rings. The van der Waals surface area contributed by atoms with Crippen LogP contribution in [-0.4, -0.2) is 18.5 Å². The number of halogens is 3. The highest BCUT2D eigenvalue weighted by molar-refractivity contribution is 6.01. The van der Waals surface area contributed by atoms with Crippen LogP contribution in [0, 0.1) is 6.92 Å². The maximum atomic E-state index is 13.0. The van der Waals surface area contributed by atoms with Crippen LogP contribution in [0.25, 0.3) is 0 Å². The third-order valence-corrected chi connectivity index (χ3v) is 4.31. The molecule has 1 aliphatic heterocycles. The van der Waals surface area contributed by atoms with E-state index in [4.69, 9.17) is 0 Å². The van der Waals surface area contributed by atoms with Crippen LogP contribution < -0.4 is 15.5 Å². The van der Waals surface area contributed by atoms with Gasteiger partial charge in [0, 0.05) is 24.3 Å². The maximum absolute atomic E-state index is 13.0. The molecule has 2 aromatic carbocycles. The van der Waals surface area contributed by atoms with E-state index in [2.05, 4.69) is 10.6 Å². The molecule has 8 heteroatoms. The van der Waals surface area contributed by atoms with Crippen molar-refractivity contribution >= 4 is 29.0 Å². The molecule has 0 unspecified atom stereocenters. The summed E-state index contributed by atoms with van der Waals surface area (Å²) in [4.78, 5) is 25.8. The van der Waals surface area contributed by atoms with Gasteiger partial charge in [0.15, 0.2) is 0 Å². The van der Waals surface area contributed by atoms with E-state index < -0.39 is 17.8 Å². The normalized spacial score (nSPS) is 14.4. The number of amides is 3. The van der Waals surface area contributed by atoms with Crippen molar-refractivity contribution in [2.45, 2.75) is 25.9 Å². The second-order valence-corrected chi connectivity index (χ2v) is 6.27. The highest BCUT2D eigenvalue weighted by Gasteiger charge is 2.33. The fraction of sp³-hybridized carbons (Fsp3) is 0.263. The lowest BCUT2D eigenvalue weighted by Crippen LogP contribution is -2.25. The first-order valence-corrected chi connectivity index (χ1v) is 8.41. The Morgan fingerprint density at radius 3 is 2.52 bits per heavy atom. The number of alkyl halides is 3. The highest BCUT2D eigenvalue weighted by atomic mass is 19.4. The number of rotatable bonds is 3. The molecule has 0 saturated carbocycles. The van der Waals surface area contributed by atoms with Crippen LogP contribution in [0.4, 0.5) is 35.0 Å². The SMILES string of the molecule is Cc1ccc(NC(=O)Nc2ccccc2C(F)(F)F)cc1N1CCCC1=O. The van der Waals surface area contributed by atoms with E-state index in [0.717, 1.165) is 18.1 Å². The molecule has 1 saturated heterocycles. The molecule has 1 heterocycles. The fourth-order valence-corrected chi connectivity index (χ4v) is 3.00. The Morgan fingerprint density at radius 1 is 1.11 bits per heavy atom. The summed E-state index contributed by atoms with van der Waals surface area (Å²) in [6.45, 7) is 2.46. The Balaban J connectivity index is 1.77. The number of nitrogens with one attached hydrogen (secondary N) is 2. The lowest BCUT2D eigenvalue weighted by atomic mass is 10.1. The Bertz CT molecular complexity index is 881. The molecule has 2 aromatic rings. The molecule has 0 radical (unpaired) electrons. The van der Waals surface area contributed by atoms with Gasteiger partial charge in [-0.1, -0.05) is 18.2 Å². The largest absolute Gasteiger partial charge is 0.418 e. The molecule has 3 rings (SSSR count). The quantitative estimate of drug-likeness (QED) is 0.808. The minimum Gasteiger partial charge on any atom is -0.312 e. The van der Waals surface area contributed by atoms with Gasteiger partial charge in [0.05, 0.1) is 11.3 Å². The zero-order valence-corrected chi connectivity index (χ0v) is 14.6. The molecule has 0 atom stereocenters.